The Morgan fingerprint density at radius 2 is 1.80 bits per heavy atom. The van der Waals surface area contributed by atoms with Gasteiger partial charge in [0.25, 0.3) is 5.91 Å². The molecule has 0 spiro atoms. The van der Waals surface area contributed by atoms with Crippen LogP contribution >= 0.6 is 0 Å². The molecule has 5 heteroatoms. The van der Waals surface area contributed by atoms with Gasteiger partial charge in [0, 0.05) is 34.9 Å². The maximum Gasteiger partial charge on any atom is 0.273 e. The van der Waals surface area contributed by atoms with Crippen molar-refractivity contribution in [3.63, 3.8) is 0 Å². The third-order valence-electron chi connectivity index (χ3n) is 4.36. The molecule has 0 fully saturated rings. The first-order chi connectivity index (χ1) is 11.9. The van der Waals surface area contributed by atoms with E-state index in [0.717, 1.165) is 17.9 Å². The van der Waals surface area contributed by atoms with Crippen LogP contribution in [0.5, 0.6) is 0 Å². The van der Waals surface area contributed by atoms with E-state index in [1.807, 2.05) is 6.92 Å². The van der Waals surface area contributed by atoms with Crippen molar-refractivity contribution in [3.05, 3.63) is 58.2 Å². The Bertz CT molecular complexity index is 774. The second-order valence-electron chi connectivity index (χ2n) is 6.00. The maximum absolute atomic E-state index is 12.8. The summed E-state index contributed by atoms with van der Waals surface area (Å²) in [6, 6.07) is 6.77. The van der Waals surface area contributed by atoms with Gasteiger partial charge in [-0.05, 0) is 25.8 Å². The molecule has 25 heavy (non-hydrogen) atoms. The average molecular weight is 332 g/mol. The van der Waals surface area contributed by atoms with Gasteiger partial charge in [-0.15, -0.1) is 0 Å². The van der Waals surface area contributed by atoms with Crippen LogP contribution in [0.25, 0.3) is 0 Å². The minimum absolute atomic E-state index is 0.177. The number of hydrogen-bond donors (Lipinski definition) is 0. The van der Waals surface area contributed by atoms with Crippen LogP contribution in [0.4, 0.5) is 0 Å². The Morgan fingerprint density at radius 1 is 1.20 bits per heavy atom. The van der Waals surface area contributed by atoms with Crippen LogP contribution in [0.2, 0.25) is 0 Å². The van der Waals surface area contributed by atoms with E-state index in [2.05, 4.69) is 0 Å². The van der Waals surface area contributed by atoms with Crippen molar-refractivity contribution in [2.75, 3.05) is 14.2 Å². The summed E-state index contributed by atoms with van der Waals surface area (Å²) in [5.41, 5.74) is 1.91. The quantitative estimate of drug-likeness (QED) is 0.590. The monoisotopic (exact) mass is 332 g/mol. The number of ketones is 2. The Labute approximate surface area is 147 Å². The number of rotatable bonds is 6. The van der Waals surface area contributed by atoms with Crippen LogP contribution < -0.4 is 0 Å². The Balaban J connectivity index is 2.50. The van der Waals surface area contributed by atoms with Crippen molar-refractivity contribution in [1.82, 2.24) is 5.06 Å². The molecule has 0 N–H and O–H groups in total. The molecule has 1 aromatic rings. The number of amides is 1. The molecular weight excluding hydrogens is 309 g/mol. The first-order valence-corrected chi connectivity index (χ1v) is 8.34. The molecular formula is C20H23NO4. The van der Waals surface area contributed by atoms with Gasteiger partial charge in [0.1, 0.15) is 0 Å². The number of hydrogen-bond acceptors (Lipinski definition) is 4. The molecule has 1 aromatic carbocycles. The molecule has 0 radical (unpaired) electrons. The fraction of sp³-hybridized carbons (Fsp3) is 0.350. The third-order valence-corrected chi connectivity index (χ3v) is 4.36. The lowest BCUT2D eigenvalue weighted by molar-refractivity contribution is -0.164. The highest BCUT2D eigenvalue weighted by Crippen LogP contribution is 2.28. The Hall–Kier alpha value is -2.53. The molecule has 0 unspecified atom stereocenters. The summed E-state index contributed by atoms with van der Waals surface area (Å²) < 4.78 is 0. The lowest BCUT2D eigenvalue weighted by Crippen LogP contribution is -2.28. The zero-order chi connectivity index (χ0) is 18.6. The van der Waals surface area contributed by atoms with Crippen molar-refractivity contribution in [1.29, 1.82) is 0 Å². The lowest BCUT2D eigenvalue weighted by atomic mass is 2.91. The zero-order valence-corrected chi connectivity index (χ0v) is 15.1. The van der Waals surface area contributed by atoms with Gasteiger partial charge in [-0.1, -0.05) is 37.6 Å². The minimum Gasteiger partial charge on any atom is -0.289 e. The molecule has 2 rings (SSSR count). The second-order valence-corrected chi connectivity index (χ2v) is 6.00. The number of hydroxylamine groups is 2. The molecule has 0 bridgehead atoms. The van der Waals surface area contributed by atoms with Crippen LogP contribution in [0.15, 0.2) is 47.1 Å². The van der Waals surface area contributed by atoms with E-state index >= 15 is 0 Å². The summed E-state index contributed by atoms with van der Waals surface area (Å²) in [4.78, 5) is 42.9. The molecule has 1 amide bonds. The van der Waals surface area contributed by atoms with E-state index < -0.39 is 0 Å². The van der Waals surface area contributed by atoms with E-state index in [1.54, 1.807) is 37.3 Å². The van der Waals surface area contributed by atoms with Gasteiger partial charge in [0.05, 0.1) is 7.11 Å². The number of fused-ring (bicyclic) bond motifs is 1. The molecule has 1 aliphatic rings. The summed E-state index contributed by atoms with van der Waals surface area (Å²) in [5.74, 6) is -0.714. The molecule has 0 aliphatic heterocycles. The maximum atomic E-state index is 12.8. The Kier molecular flexibility index (Phi) is 6.04. The highest BCUT2D eigenvalue weighted by Gasteiger charge is 2.29. The molecule has 5 nitrogen and oxygen atoms in total. The zero-order valence-electron chi connectivity index (χ0n) is 15.1. The molecule has 0 heterocycles. The normalized spacial score (nSPS) is 14.6. The lowest BCUT2D eigenvalue weighted by Gasteiger charge is -2.19. The van der Waals surface area contributed by atoms with Crippen LogP contribution in [-0.4, -0.2) is 36.7 Å². The van der Waals surface area contributed by atoms with Crippen LogP contribution in [0.3, 0.4) is 0 Å². The number of unbranched alkanes of at least 4 members (excludes halogenated alkanes) is 1. The van der Waals surface area contributed by atoms with Crippen molar-refractivity contribution in [2.24, 2.45) is 0 Å². The number of nitrogens with zero attached hydrogens (tertiary/aromatic N) is 1. The van der Waals surface area contributed by atoms with Gasteiger partial charge in [-0.2, -0.15) is 0 Å². The number of Topliss-reactive ketones (excluding diaryl/α,β-unsaturated/α-hetero) is 2. The fourth-order valence-corrected chi connectivity index (χ4v) is 2.76. The van der Waals surface area contributed by atoms with Gasteiger partial charge in [-0.3, -0.25) is 19.2 Å². The van der Waals surface area contributed by atoms with Gasteiger partial charge in [-0.25, -0.2) is 5.06 Å². The Morgan fingerprint density at radius 3 is 2.36 bits per heavy atom. The number of carbonyl (C=O) groups is 3. The largest absolute Gasteiger partial charge is 0.289 e. The van der Waals surface area contributed by atoms with Crippen molar-refractivity contribution in [2.45, 2.75) is 33.1 Å². The predicted molar refractivity (Wildman–Crippen MR) is 95.2 cm³/mol. The summed E-state index contributed by atoms with van der Waals surface area (Å²) >= 11 is 0. The van der Waals surface area contributed by atoms with E-state index in [1.165, 1.54) is 14.2 Å². The number of benzene rings is 1. The smallest absolute Gasteiger partial charge is 0.273 e. The third kappa shape index (κ3) is 3.77. The highest BCUT2D eigenvalue weighted by molar-refractivity contribution is 6.28. The molecule has 0 saturated heterocycles. The topological polar surface area (TPSA) is 63.7 Å². The second kappa shape index (κ2) is 8.03. The number of likely N-dealkylation sites (N-methyl/N-ethyl adjacent to an activating group) is 1. The predicted octanol–water partition coefficient (Wildman–Crippen LogP) is 3.52. The summed E-state index contributed by atoms with van der Waals surface area (Å²) in [6.45, 7) is 3.65. The summed E-state index contributed by atoms with van der Waals surface area (Å²) in [6.07, 6.45) is 3.79. The highest BCUT2D eigenvalue weighted by atomic mass is 16.7. The van der Waals surface area contributed by atoms with Gasteiger partial charge in [0.15, 0.2) is 11.6 Å². The van der Waals surface area contributed by atoms with E-state index in [-0.39, 0.29) is 23.0 Å². The molecule has 132 valence electrons. The van der Waals surface area contributed by atoms with E-state index in [4.69, 9.17) is 4.84 Å². The van der Waals surface area contributed by atoms with E-state index in [9.17, 15) is 14.4 Å². The SMILES string of the molecule is CCCC/C(=C\C1=C(C)C(=O)c2ccccc2C1=O)C(=O)N([3CH3])OC. The average Bonchev–Trinajstić information content (AvgIpc) is 2.64. The van der Waals surface area contributed by atoms with Gasteiger partial charge >= 0.3 is 0 Å². The number of allylic oxidation sites excluding steroid dienone is 3. The minimum atomic E-state index is -0.310. The van der Waals surface area contributed by atoms with E-state index in [0.29, 0.717) is 28.7 Å². The van der Waals surface area contributed by atoms with Crippen molar-refractivity contribution in [3.8, 4) is 0 Å². The van der Waals surface area contributed by atoms with Gasteiger partial charge in [0.2, 0.25) is 0 Å². The van der Waals surface area contributed by atoms with Crippen LogP contribution in [0.1, 0.15) is 53.8 Å². The number of carbonyl (C=O) groups excluding carboxylic acids is 3. The molecule has 0 aromatic heterocycles. The van der Waals surface area contributed by atoms with Crippen molar-refractivity contribution >= 4 is 17.5 Å². The fourth-order valence-electron chi connectivity index (χ4n) is 2.76. The first kappa shape index (κ1) is 18.8. The van der Waals surface area contributed by atoms with Crippen LogP contribution in [0, 0.1) is 0 Å². The molecule has 1 aliphatic carbocycles. The molecule has 0 atom stereocenters. The summed E-state index contributed by atoms with van der Waals surface area (Å²) in [7, 11) is 2.93. The standard InChI is InChI=1S/C20H23NO4/c1-5-6-9-14(20(24)21(3)25-4)12-17-13(2)18(22)15-10-7-8-11-16(15)19(17)23/h7-8,10-12H,5-6,9H2,1-4H3/b14-12+/i3-9. The van der Waals surface area contributed by atoms with Crippen LogP contribution in [-0.2, 0) is 9.63 Å². The van der Waals surface area contributed by atoms with Crippen molar-refractivity contribution < 1.29 is 19.2 Å². The van der Waals surface area contributed by atoms with Gasteiger partial charge < -0.3 is 0 Å². The molecule has 0 saturated carbocycles. The summed E-state index contributed by atoms with van der Waals surface area (Å²) in [5, 5.41) is 1.13. The first-order valence-electron chi connectivity index (χ1n) is 8.34.